The third-order valence-corrected chi connectivity index (χ3v) is 6.59. The Balaban J connectivity index is 1.24. The van der Waals surface area contributed by atoms with Crippen molar-refractivity contribution in [1.82, 2.24) is 20.2 Å². The van der Waals surface area contributed by atoms with Crippen molar-refractivity contribution in [3.05, 3.63) is 24.5 Å². The van der Waals surface area contributed by atoms with Crippen molar-refractivity contribution in [2.24, 2.45) is 0 Å². The Morgan fingerprint density at radius 3 is 2.52 bits per heavy atom. The number of nitrogens with zero attached hydrogens (tertiary/aromatic N) is 4. The van der Waals surface area contributed by atoms with E-state index in [0.717, 1.165) is 100 Å². The summed E-state index contributed by atoms with van der Waals surface area (Å²) in [5, 5.41) is 3.22. The SMILES string of the molecule is O=C(NC1CCC(Oc2cc(N3CCOCC3)cc3nccnc23)CC1)N1CCCC1. The fourth-order valence-electron chi connectivity index (χ4n) is 4.81. The number of hydrogen-bond donors (Lipinski definition) is 1. The summed E-state index contributed by atoms with van der Waals surface area (Å²) in [7, 11) is 0. The number of carbonyl (C=O) groups is 1. The van der Waals surface area contributed by atoms with E-state index in [0.29, 0.717) is 0 Å². The molecular formula is C23H31N5O3. The van der Waals surface area contributed by atoms with Crippen LogP contribution in [0.5, 0.6) is 5.75 Å². The maximum absolute atomic E-state index is 12.4. The van der Waals surface area contributed by atoms with Gasteiger partial charge in [0.2, 0.25) is 0 Å². The summed E-state index contributed by atoms with van der Waals surface area (Å²) in [6.45, 7) is 4.99. The van der Waals surface area contributed by atoms with Gasteiger partial charge in [0.1, 0.15) is 11.3 Å². The summed E-state index contributed by atoms with van der Waals surface area (Å²) in [5.74, 6) is 0.802. The molecule has 2 amide bonds. The van der Waals surface area contributed by atoms with Gasteiger partial charge in [-0.2, -0.15) is 0 Å². The van der Waals surface area contributed by atoms with Crippen molar-refractivity contribution in [3.63, 3.8) is 0 Å². The lowest BCUT2D eigenvalue weighted by Gasteiger charge is -2.32. The van der Waals surface area contributed by atoms with Gasteiger partial charge in [0.05, 0.1) is 24.8 Å². The van der Waals surface area contributed by atoms with E-state index in [9.17, 15) is 4.79 Å². The van der Waals surface area contributed by atoms with Crippen molar-refractivity contribution < 1.29 is 14.3 Å². The lowest BCUT2D eigenvalue weighted by molar-refractivity contribution is 0.122. The normalized spacial score (nSPS) is 24.4. The Morgan fingerprint density at radius 1 is 1.00 bits per heavy atom. The number of anilines is 1. The molecule has 2 saturated heterocycles. The van der Waals surface area contributed by atoms with Gasteiger partial charge in [-0.05, 0) is 44.6 Å². The molecule has 0 radical (unpaired) electrons. The molecule has 3 fully saturated rings. The number of benzene rings is 1. The minimum absolute atomic E-state index is 0.0985. The summed E-state index contributed by atoms with van der Waals surface area (Å²) < 4.78 is 12.0. The Labute approximate surface area is 182 Å². The highest BCUT2D eigenvalue weighted by atomic mass is 16.5. The molecule has 1 aromatic heterocycles. The minimum Gasteiger partial charge on any atom is -0.488 e. The number of hydrogen-bond acceptors (Lipinski definition) is 6. The van der Waals surface area contributed by atoms with E-state index in [2.05, 4.69) is 32.3 Å². The van der Waals surface area contributed by atoms with E-state index in [1.54, 1.807) is 12.4 Å². The van der Waals surface area contributed by atoms with Crippen LogP contribution in [0.2, 0.25) is 0 Å². The van der Waals surface area contributed by atoms with Gasteiger partial charge in [0.25, 0.3) is 0 Å². The van der Waals surface area contributed by atoms with Gasteiger partial charge in [-0.1, -0.05) is 0 Å². The molecule has 31 heavy (non-hydrogen) atoms. The highest BCUT2D eigenvalue weighted by Gasteiger charge is 2.27. The molecule has 166 valence electrons. The van der Waals surface area contributed by atoms with E-state index in [1.807, 2.05) is 4.90 Å². The number of carbonyl (C=O) groups excluding carboxylic acids is 1. The molecule has 5 rings (SSSR count). The number of ether oxygens (including phenoxy) is 2. The van der Waals surface area contributed by atoms with Crippen LogP contribution in [-0.4, -0.2) is 72.4 Å². The van der Waals surface area contributed by atoms with E-state index in [4.69, 9.17) is 9.47 Å². The van der Waals surface area contributed by atoms with Gasteiger partial charge >= 0.3 is 6.03 Å². The van der Waals surface area contributed by atoms with Crippen LogP contribution in [0.25, 0.3) is 11.0 Å². The standard InChI is InChI=1S/C23H31N5O3/c29-23(28-9-1-2-10-28)26-17-3-5-19(6-4-17)31-21-16-18(27-11-13-30-14-12-27)15-20-22(21)25-8-7-24-20/h7-8,15-17,19H,1-6,9-14H2,(H,26,29). The van der Waals surface area contributed by atoms with Crippen LogP contribution in [0.4, 0.5) is 10.5 Å². The second-order valence-corrected chi connectivity index (χ2v) is 8.70. The quantitative estimate of drug-likeness (QED) is 0.811. The van der Waals surface area contributed by atoms with Gasteiger partial charge in [-0.25, -0.2) is 9.78 Å². The summed E-state index contributed by atoms with van der Waals surface area (Å²) in [6.07, 6.45) is 9.54. The smallest absolute Gasteiger partial charge is 0.317 e. The third-order valence-electron chi connectivity index (χ3n) is 6.59. The van der Waals surface area contributed by atoms with Crippen molar-refractivity contribution >= 4 is 22.8 Å². The molecule has 0 spiro atoms. The molecule has 8 nitrogen and oxygen atoms in total. The molecule has 0 atom stereocenters. The summed E-state index contributed by atoms with van der Waals surface area (Å²) in [5.41, 5.74) is 2.77. The van der Waals surface area contributed by atoms with Crippen LogP contribution in [-0.2, 0) is 4.74 Å². The van der Waals surface area contributed by atoms with Gasteiger partial charge in [-0.15, -0.1) is 0 Å². The molecule has 1 aromatic carbocycles. The molecule has 1 N–H and O–H groups in total. The van der Waals surface area contributed by atoms with E-state index in [1.165, 1.54) is 0 Å². The van der Waals surface area contributed by atoms with E-state index in [-0.39, 0.29) is 18.2 Å². The zero-order chi connectivity index (χ0) is 21.0. The topological polar surface area (TPSA) is 79.8 Å². The third kappa shape index (κ3) is 4.69. The minimum atomic E-state index is 0.0985. The molecule has 2 aromatic rings. The lowest BCUT2D eigenvalue weighted by Crippen LogP contribution is -2.45. The Bertz CT molecular complexity index is 903. The fourth-order valence-corrected chi connectivity index (χ4v) is 4.81. The summed E-state index contributed by atoms with van der Waals surface area (Å²) in [4.78, 5) is 25.7. The van der Waals surface area contributed by atoms with Crippen LogP contribution in [0.3, 0.4) is 0 Å². The average Bonchev–Trinajstić information content (AvgIpc) is 3.36. The predicted molar refractivity (Wildman–Crippen MR) is 119 cm³/mol. The van der Waals surface area contributed by atoms with Gasteiger partial charge < -0.3 is 24.6 Å². The van der Waals surface area contributed by atoms with Gasteiger partial charge in [0, 0.05) is 56.4 Å². The van der Waals surface area contributed by atoms with Crippen molar-refractivity contribution in [2.45, 2.75) is 50.7 Å². The molecular weight excluding hydrogens is 394 g/mol. The molecule has 3 aliphatic rings. The number of urea groups is 1. The monoisotopic (exact) mass is 425 g/mol. The number of rotatable bonds is 4. The highest BCUT2D eigenvalue weighted by Crippen LogP contribution is 2.33. The Kier molecular flexibility index (Phi) is 6.06. The van der Waals surface area contributed by atoms with Gasteiger partial charge in [0.15, 0.2) is 0 Å². The highest BCUT2D eigenvalue weighted by molar-refractivity contribution is 5.85. The number of likely N-dealkylation sites (tertiary alicyclic amines) is 1. The van der Waals surface area contributed by atoms with Crippen molar-refractivity contribution in [1.29, 1.82) is 0 Å². The number of morpholine rings is 1. The first kappa shape index (κ1) is 20.3. The zero-order valence-electron chi connectivity index (χ0n) is 18.0. The number of aromatic nitrogens is 2. The Morgan fingerprint density at radius 2 is 1.74 bits per heavy atom. The number of fused-ring (bicyclic) bond motifs is 1. The average molecular weight is 426 g/mol. The maximum Gasteiger partial charge on any atom is 0.317 e. The first-order valence-electron chi connectivity index (χ1n) is 11.6. The van der Waals surface area contributed by atoms with Crippen LogP contribution >= 0.6 is 0 Å². The van der Waals surface area contributed by atoms with Crippen molar-refractivity contribution in [2.75, 3.05) is 44.3 Å². The molecule has 0 unspecified atom stereocenters. The maximum atomic E-state index is 12.4. The summed E-state index contributed by atoms with van der Waals surface area (Å²) >= 11 is 0. The molecule has 1 aliphatic carbocycles. The Hall–Kier alpha value is -2.61. The van der Waals surface area contributed by atoms with E-state index < -0.39 is 0 Å². The second kappa shape index (κ2) is 9.26. The summed E-state index contributed by atoms with van der Waals surface area (Å²) in [6, 6.07) is 4.53. The van der Waals surface area contributed by atoms with Crippen LogP contribution < -0.4 is 15.0 Å². The van der Waals surface area contributed by atoms with Crippen LogP contribution in [0.15, 0.2) is 24.5 Å². The lowest BCUT2D eigenvalue weighted by atomic mass is 9.93. The molecule has 0 bridgehead atoms. The number of amides is 2. The van der Waals surface area contributed by atoms with Crippen molar-refractivity contribution in [3.8, 4) is 5.75 Å². The first-order valence-corrected chi connectivity index (χ1v) is 11.6. The molecule has 2 aliphatic heterocycles. The van der Waals surface area contributed by atoms with E-state index >= 15 is 0 Å². The second-order valence-electron chi connectivity index (χ2n) is 8.70. The van der Waals surface area contributed by atoms with Gasteiger partial charge in [-0.3, -0.25) is 4.98 Å². The molecule has 1 saturated carbocycles. The first-order chi connectivity index (χ1) is 15.3. The van der Waals surface area contributed by atoms with Crippen LogP contribution in [0.1, 0.15) is 38.5 Å². The van der Waals surface area contributed by atoms with Crippen LogP contribution in [0, 0.1) is 0 Å². The molecule has 3 heterocycles. The largest absolute Gasteiger partial charge is 0.488 e. The predicted octanol–water partition coefficient (Wildman–Crippen LogP) is 2.96. The fraction of sp³-hybridized carbons (Fsp3) is 0.609. The molecule has 8 heteroatoms. The number of nitrogens with one attached hydrogen (secondary N) is 1. The zero-order valence-corrected chi connectivity index (χ0v) is 18.0.